The number of hydrogen-bond acceptors (Lipinski definition) is 2. The van der Waals surface area contributed by atoms with Gasteiger partial charge in [-0.1, -0.05) is 0 Å². The maximum Gasteiger partial charge on any atom is 0.135 e. The highest BCUT2D eigenvalue weighted by Crippen LogP contribution is 2.24. The highest BCUT2D eigenvalue weighted by atomic mass is 33.1. The van der Waals surface area contributed by atoms with E-state index in [1.165, 1.54) is 11.8 Å². The number of hydrogen-bond donors (Lipinski definition) is 0. The van der Waals surface area contributed by atoms with Gasteiger partial charge in [-0.25, -0.2) is 0 Å². The maximum atomic E-state index is 2.22. The van der Waals surface area contributed by atoms with E-state index in [9.17, 15) is 0 Å². The van der Waals surface area contributed by atoms with Gasteiger partial charge in [-0.2, -0.15) is 0 Å². The molecule has 0 unspecified atom stereocenters. The van der Waals surface area contributed by atoms with Gasteiger partial charge < -0.3 is 8.97 Å². The summed E-state index contributed by atoms with van der Waals surface area (Å²) in [5.74, 6) is 2.34. The van der Waals surface area contributed by atoms with Crippen LogP contribution in [0.4, 0.5) is 0 Å². The summed E-state index contributed by atoms with van der Waals surface area (Å²) in [4.78, 5) is 0. The Hall–Kier alpha value is 0.620. The highest BCUT2D eigenvalue weighted by Gasteiger charge is 2.10. The van der Waals surface area contributed by atoms with E-state index in [0.29, 0.717) is 0 Å². The van der Waals surface area contributed by atoms with Gasteiger partial charge >= 0.3 is 0 Å². The Morgan fingerprint density at radius 1 is 0.667 bits per heavy atom. The molecule has 0 fully saturated rings. The fraction of sp³-hybridized carbons (Fsp3) is 1.00. The molecule has 0 N–H and O–H groups in total. The number of quaternary nitrogens is 2. The summed E-state index contributed by atoms with van der Waals surface area (Å²) in [5.41, 5.74) is 0. The molecule has 4 heteroatoms. The molecular weight excluding hydrogens is 188 g/mol. The lowest BCUT2D eigenvalue weighted by molar-refractivity contribution is -0.857. The van der Waals surface area contributed by atoms with Crippen molar-refractivity contribution in [3.63, 3.8) is 0 Å². The van der Waals surface area contributed by atoms with Crippen molar-refractivity contribution < 1.29 is 8.97 Å². The van der Waals surface area contributed by atoms with E-state index in [4.69, 9.17) is 0 Å². The van der Waals surface area contributed by atoms with Crippen LogP contribution in [-0.2, 0) is 0 Å². The zero-order valence-corrected chi connectivity index (χ0v) is 10.8. The Labute approximate surface area is 84.9 Å². The summed E-state index contributed by atoms with van der Waals surface area (Å²) in [6.07, 6.45) is 0. The van der Waals surface area contributed by atoms with Crippen LogP contribution in [0.25, 0.3) is 0 Å². The molecule has 0 aromatic carbocycles. The molecule has 74 valence electrons. The van der Waals surface area contributed by atoms with Crippen LogP contribution in [0, 0.1) is 0 Å². The zero-order valence-electron chi connectivity index (χ0n) is 9.13. The second kappa shape index (κ2) is 4.74. The van der Waals surface area contributed by atoms with Gasteiger partial charge in [-0.05, 0) is 21.6 Å². The molecule has 0 aromatic heterocycles. The third-order valence-corrected chi connectivity index (χ3v) is 4.02. The molecule has 0 saturated heterocycles. The molecule has 0 saturated carbocycles. The summed E-state index contributed by atoms with van der Waals surface area (Å²) in [7, 11) is 17.3. The minimum Gasteiger partial charge on any atom is -0.322 e. The van der Waals surface area contributed by atoms with Crippen molar-refractivity contribution in [2.24, 2.45) is 0 Å². The summed E-state index contributed by atoms with van der Waals surface area (Å²) in [5, 5.41) is 0. The predicted octanol–water partition coefficient (Wildman–Crippen LogP) is 1.70. The molecule has 0 atom stereocenters. The SMILES string of the molecule is C[N+](C)(C)CSSC[N+](C)(C)C. The van der Waals surface area contributed by atoms with Gasteiger partial charge in [0, 0.05) is 0 Å². The van der Waals surface area contributed by atoms with Gasteiger partial charge in [0.05, 0.1) is 42.3 Å². The number of rotatable bonds is 5. The molecule has 0 rings (SSSR count). The first-order chi connectivity index (χ1) is 5.21. The van der Waals surface area contributed by atoms with Crippen LogP contribution in [-0.4, -0.2) is 63.0 Å². The minimum absolute atomic E-state index is 1.04. The fourth-order valence-electron chi connectivity index (χ4n) is 0.391. The molecule has 0 aliphatic rings. The minimum atomic E-state index is 1.04. The van der Waals surface area contributed by atoms with E-state index in [2.05, 4.69) is 42.3 Å². The third kappa shape index (κ3) is 10.6. The molecule has 0 spiro atoms. The van der Waals surface area contributed by atoms with Crippen LogP contribution >= 0.6 is 21.6 Å². The molecule has 12 heavy (non-hydrogen) atoms. The Balaban J connectivity index is 3.35. The van der Waals surface area contributed by atoms with Crippen molar-refractivity contribution in [1.29, 1.82) is 0 Å². The lowest BCUT2D eigenvalue weighted by atomic mass is 10.8. The molecule has 2 nitrogen and oxygen atoms in total. The van der Waals surface area contributed by atoms with Crippen molar-refractivity contribution in [1.82, 2.24) is 0 Å². The molecule has 0 aliphatic heterocycles. The van der Waals surface area contributed by atoms with Crippen LogP contribution in [0.15, 0.2) is 0 Å². The lowest BCUT2D eigenvalue weighted by Crippen LogP contribution is -2.35. The average molecular weight is 210 g/mol. The average Bonchev–Trinajstić information content (AvgIpc) is 1.76. The Morgan fingerprint density at radius 3 is 1.08 bits per heavy atom. The molecular formula is C8H22N2S2+2. The van der Waals surface area contributed by atoms with E-state index in [1.54, 1.807) is 0 Å². The second-order valence-corrected chi connectivity index (χ2v) is 7.48. The van der Waals surface area contributed by atoms with Gasteiger partial charge in [-0.15, -0.1) is 0 Å². The topological polar surface area (TPSA) is 0 Å². The van der Waals surface area contributed by atoms with Crippen LogP contribution in [0.3, 0.4) is 0 Å². The lowest BCUT2D eigenvalue weighted by Gasteiger charge is -2.25. The third-order valence-electron chi connectivity index (χ3n) is 0.963. The van der Waals surface area contributed by atoms with Crippen molar-refractivity contribution in [3.05, 3.63) is 0 Å². The first-order valence-corrected chi connectivity index (χ1v) is 6.55. The smallest absolute Gasteiger partial charge is 0.135 e. The fourth-order valence-corrected chi connectivity index (χ4v) is 3.52. The van der Waals surface area contributed by atoms with E-state index in [1.807, 2.05) is 21.6 Å². The summed E-state index contributed by atoms with van der Waals surface area (Å²) in [6, 6.07) is 0. The molecule has 0 heterocycles. The van der Waals surface area contributed by atoms with Crippen LogP contribution < -0.4 is 0 Å². The standard InChI is InChI=1S/C8H22N2S2/c1-9(2,3)7-11-12-8-10(4,5)6/h7-8H2,1-6H3/q+2. The van der Waals surface area contributed by atoms with E-state index < -0.39 is 0 Å². The first kappa shape index (κ1) is 12.6. The second-order valence-electron chi connectivity index (χ2n) is 5.07. The van der Waals surface area contributed by atoms with E-state index >= 15 is 0 Å². The zero-order chi connectivity index (χ0) is 9.83. The monoisotopic (exact) mass is 210 g/mol. The van der Waals surface area contributed by atoms with Crippen molar-refractivity contribution in [2.75, 3.05) is 54.0 Å². The first-order valence-electron chi connectivity index (χ1n) is 4.06. The van der Waals surface area contributed by atoms with Gasteiger partial charge in [0.25, 0.3) is 0 Å². The molecule has 0 bridgehead atoms. The van der Waals surface area contributed by atoms with Crippen molar-refractivity contribution in [2.45, 2.75) is 0 Å². The quantitative estimate of drug-likeness (QED) is 0.293. The van der Waals surface area contributed by atoms with Gasteiger partial charge in [-0.3, -0.25) is 0 Å². The van der Waals surface area contributed by atoms with Gasteiger partial charge in [0.1, 0.15) is 11.8 Å². The highest BCUT2D eigenvalue weighted by molar-refractivity contribution is 8.76. The number of nitrogens with zero attached hydrogens (tertiary/aromatic N) is 2. The molecule has 0 aromatic rings. The maximum absolute atomic E-state index is 2.22. The van der Waals surface area contributed by atoms with Crippen LogP contribution in [0.5, 0.6) is 0 Å². The normalized spacial score (nSPS) is 13.5. The van der Waals surface area contributed by atoms with Gasteiger partial charge in [0.15, 0.2) is 0 Å². The Bertz CT molecular complexity index is 108. The van der Waals surface area contributed by atoms with Gasteiger partial charge in [0.2, 0.25) is 0 Å². The largest absolute Gasteiger partial charge is 0.322 e. The van der Waals surface area contributed by atoms with Crippen molar-refractivity contribution in [3.8, 4) is 0 Å². The predicted molar refractivity (Wildman–Crippen MR) is 61.0 cm³/mol. The molecule has 0 radical (unpaired) electrons. The molecule has 0 aliphatic carbocycles. The Kier molecular flexibility index (Phi) is 4.99. The van der Waals surface area contributed by atoms with Crippen LogP contribution in [0.1, 0.15) is 0 Å². The summed E-state index contributed by atoms with van der Waals surface area (Å²) < 4.78 is 2.07. The van der Waals surface area contributed by atoms with E-state index in [-0.39, 0.29) is 0 Å². The van der Waals surface area contributed by atoms with Crippen molar-refractivity contribution >= 4 is 21.6 Å². The Morgan fingerprint density at radius 2 is 0.917 bits per heavy atom. The summed E-state index contributed by atoms with van der Waals surface area (Å²) in [6.45, 7) is 0. The van der Waals surface area contributed by atoms with Crippen LogP contribution in [0.2, 0.25) is 0 Å². The van der Waals surface area contributed by atoms with E-state index in [0.717, 1.165) is 8.97 Å². The molecule has 0 amide bonds. The summed E-state index contributed by atoms with van der Waals surface area (Å²) >= 11 is 0.